The van der Waals surface area contributed by atoms with E-state index in [4.69, 9.17) is 10.5 Å². The van der Waals surface area contributed by atoms with Crippen LogP contribution in [-0.4, -0.2) is 61.3 Å². The van der Waals surface area contributed by atoms with E-state index in [9.17, 15) is 9.59 Å². The number of nitrogens with zero attached hydrogens (tertiary/aromatic N) is 3. The second-order valence-electron chi connectivity index (χ2n) is 7.91. The normalized spacial score (nSPS) is 21.3. The molecule has 2 aliphatic heterocycles. The average molecular weight is 360 g/mol. The summed E-state index contributed by atoms with van der Waals surface area (Å²) in [6.45, 7) is 8.75. The van der Waals surface area contributed by atoms with Crippen LogP contribution < -0.4 is 15.5 Å². The van der Waals surface area contributed by atoms with E-state index >= 15 is 0 Å². The predicted molar refractivity (Wildman–Crippen MR) is 101 cm³/mol. The highest BCUT2D eigenvalue weighted by atomic mass is 16.6. The number of rotatable bonds is 2. The molecule has 1 aromatic rings. The first-order valence-corrected chi connectivity index (χ1v) is 9.12. The topological polar surface area (TPSA) is 79.1 Å². The first kappa shape index (κ1) is 18.5. The molecule has 0 aliphatic carbocycles. The van der Waals surface area contributed by atoms with Gasteiger partial charge in [-0.25, -0.2) is 4.79 Å². The van der Waals surface area contributed by atoms with Crippen LogP contribution in [0, 0.1) is 0 Å². The van der Waals surface area contributed by atoms with Crippen LogP contribution in [0.2, 0.25) is 0 Å². The second kappa shape index (κ2) is 7.15. The lowest BCUT2D eigenvalue weighted by Crippen LogP contribution is -2.50. The van der Waals surface area contributed by atoms with Crippen LogP contribution >= 0.6 is 0 Å². The molecule has 2 fully saturated rings. The summed E-state index contributed by atoms with van der Waals surface area (Å²) < 4.78 is 5.45. The van der Waals surface area contributed by atoms with E-state index in [2.05, 4.69) is 4.90 Å². The molecule has 0 bridgehead atoms. The summed E-state index contributed by atoms with van der Waals surface area (Å²) in [5.41, 5.74) is 7.37. The number of benzene rings is 1. The molecule has 142 valence electrons. The lowest BCUT2D eigenvalue weighted by atomic mass is 10.2. The maximum absolute atomic E-state index is 12.3. The number of carbonyl (C=O) groups excluding carboxylic acids is 2. The van der Waals surface area contributed by atoms with E-state index < -0.39 is 5.60 Å². The fourth-order valence-electron chi connectivity index (χ4n) is 3.38. The van der Waals surface area contributed by atoms with Crippen molar-refractivity contribution in [2.75, 3.05) is 42.5 Å². The molecule has 0 radical (unpaired) electrons. The summed E-state index contributed by atoms with van der Waals surface area (Å²) in [6, 6.07) is 7.78. The van der Waals surface area contributed by atoms with Gasteiger partial charge in [-0.05, 0) is 32.9 Å². The van der Waals surface area contributed by atoms with Crippen LogP contribution in [0.1, 0.15) is 27.2 Å². The highest BCUT2D eigenvalue weighted by molar-refractivity contribution is 5.99. The van der Waals surface area contributed by atoms with Crippen LogP contribution in [0.15, 0.2) is 24.3 Å². The number of hydrogen-bond donors (Lipinski definition) is 1. The van der Waals surface area contributed by atoms with Crippen LogP contribution in [0.4, 0.5) is 16.2 Å². The molecule has 1 aromatic carbocycles. The third-order valence-electron chi connectivity index (χ3n) is 4.60. The van der Waals surface area contributed by atoms with Gasteiger partial charge in [-0.15, -0.1) is 0 Å². The molecule has 2 aliphatic rings. The molecule has 0 saturated carbocycles. The summed E-state index contributed by atoms with van der Waals surface area (Å²) in [4.78, 5) is 30.2. The van der Waals surface area contributed by atoms with Gasteiger partial charge in [0.05, 0.1) is 11.4 Å². The van der Waals surface area contributed by atoms with Gasteiger partial charge in [0.15, 0.2) is 0 Å². The first-order chi connectivity index (χ1) is 12.2. The molecule has 0 spiro atoms. The van der Waals surface area contributed by atoms with Crippen molar-refractivity contribution in [3.63, 3.8) is 0 Å². The number of amides is 2. The van der Waals surface area contributed by atoms with Crippen molar-refractivity contribution < 1.29 is 14.3 Å². The van der Waals surface area contributed by atoms with E-state index in [1.54, 1.807) is 9.80 Å². The minimum Gasteiger partial charge on any atom is -0.444 e. The summed E-state index contributed by atoms with van der Waals surface area (Å²) in [7, 11) is 0. The fraction of sp³-hybridized carbons (Fsp3) is 0.579. The third kappa shape index (κ3) is 4.09. The summed E-state index contributed by atoms with van der Waals surface area (Å²) >= 11 is 0. The minimum absolute atomic E-state index is 0.0670. The zero-order valence-electron chi connectivity index (χ0n) is 15.8. The Kier molecular flexibility index (Phi) is 5.09. The SMILES string of the molecule is CC(C)(C)OC(=O)N1CCN(c2ccccc2N2CC(N)CC2=O)CC1. The predicted octanol–water partition coefficient (Wildman–Crippen LogP) is 1.81. The molecular formula is C19H28N4O3. The number of para-hydroxylation sites is 2. The lowest BCUT2D eigenvalue weighted by Gasteiger charge is -2.38. The lowest BCUT2D eigenvalue weighted by molar-refractivity contribution is -0.117. The molecule has 26 heavy (non-hydrogen) atoms. The molecule has 2 amide bonds. The molecule has 3 rings (SSSR count). The maximum atomic E-state index is 12.3. The van der Waals surface area contributed by atoms with Crippen LogP contribution in [-0.2, 0) is 9.53 Å². The fourth-order valence-corrected chi connectivity index (χ4v) is 3.38. The van der Waals surface area contributed by atoms with Gasteiger partial charge in [-0.1, -0.05) is 12.1 Å². The molecule has 2 heterocycles. The number of ether oxygens (including phenoxy) is 1. The Hall–Kier alpha value is -2.28. The van der Waals surface area contributed by atoms with Gasteiger partial charge in [-0.2, -0.15) is 0 Å². The smallest absolute Gasteiger partial charge is 0.410 e. The standard InChI is InChI=1S/C19H28N4O3/c1-19(2,3)26-18(25)22-10-8-21(9-11-22)15-6-4-5-7-16(15)23-13-14(20)12-17(23)24/h4-7,14H,8-13,20H2,1-3H3. The number of piperazine rings is 1. The Bertz CT molecular complexity index is 678. The van der Waals surface area contributed by atoms with E-state index in [1.165, 1.54) is 0 Å². The Morgan fingerprint density at radius 1 is 1.12 bits per heavy atom. The van der Waals surface area contributed by atoms with Crippen LogP contribution in [0.5, 0.6) is 0 Å². The summed E-state index contributed by atoms with van der Waals surface area (Å²) in [5.74, 6) is 0.0670. The monoisotopic (exact) mass is 360 g/mol. The minimum atomic E-state index is -0.490. The third-order valence-corrected chi connectivity index (χ3v) is 4.60. The number of carbonyl (C=O) groups is 2. The van der Waals surface area contributed by atoms with Crippen molar-refractivity contribution >= 4 is 23.4 Å². The van der Waals surface area contributed by atoms with Crippen molar-refractivity contribution in [2.45, 2.75) is 38.8 Å². The average Bonchev–Trinajstić information content (AvgIpc) is 2.92. The second-order valence-corrected chi connectivity index (χ2v) is 7.91. The van der Waals surface area contributed by atoms with Gasteiger partial charge < -0.3 is 25.2 Å². The van der Waals surface area contributed by atoms with E-state index in [1.807, 2.05) is 45.0 Å². The Balaban J connectivity index is 1.69. The highest BCUT2D eigenvalue weighted by Crippen LogP contribution is 2.32. The van der Waals surface area contributed by atoms with Crippen molar-refractivity contribution in [3.05, 3.63) is 24.3 Å². The van der Waals surface area contributed by atoms with Gasteiger partial charge in [0.2, 0.25) is 5.91 Å². The van der Waals surface area contributed by atoms with Crippen molar-refractivity contribution in [3.8, 4) is 0 Å². The largest absolute Gasteiger partial charge is 0.444 e. The highest BCUT2D eigenvalue weighted by Gasteiger charge is 2.32. The van der Waals surface area contributed by atoms with Crippen molar-refractivity contribution in [1.82, 2.24) is 4.90 Å². The first-order valence-electron chi connectivity index (χ1n) is 9.12. The summed E-state index contributed by atoms with van der Waals surface area (Å²) in [5, 5.41) is 0. The zero-order valence-corrected chi connectivity index (χ0v) is 15.8. The molecular weight excluding hydrogens is 332 g/mol. The number of hydrogen-bond acceptors (Lipinski definition) is 5. The van der Waals surface area contributed by atoms with E-state index in [0.717, 1.165) is 11.4 Å². The van der Waals surface area contributed by atoms with Crippen LogP contribution in [0.3, 0.4) is 0 Å². The molecule has 0 aromatic heterocycles. The van der Waals surface area contributed by atoms with E-state index in [0.29, 0.717) is 39.1 Å². The van der Waals surface area contributed by atoms with E-state index in [-0.39, 0.29) is 18.0 Å². The molecule has 7 nitrogen and oxygen atoms in total. The Morgan fingerprint density at radius 2 is 1.73 bits per heavy atom. The molecule has 1 atom stereocenters. The van der Waals surface area contributed by atoms with Gasteiger partial charge in [0, 0.05) is 45.2 Å². The maximum Gasteiger partial charge on any atom is 0.410 e. The Labute approximate surface area is 154 Å². The van der Waals surface area contributed by atoms with Gasteiger partial charge in [-0.3, -0.25) is 4.79 Å². The van der Waals surface area contributed by atoms with Gasteiger partial charge in [0.1, 0.15) is 5.60 Å². The molecule has 1 unspecified atom stereocenters. The number of nitrogens with two attached hydrogens (primary N) is 1. The van der Waals surface area contributed by atoms with Crippen molar-refractivity contribution in [2.24, 2.45) is 5.73 Å². The summed E-state index contributed by atoms with van der Waals surface area (Å²) in [6.07, 6.45) is 0.118. The van der Waals surface area contributed by atoms with Gasteiger partial charge in [0.25, 0.3) is 0 Å². The van der Waals surface area contributed by atoms with Gasteiger partial charge >= 0.3 is 6.09 Å². The van der Waals surface area contributed by atoms with Crippen molar-refractivity contribution in [1.29, 1.82) is 0 Å². The zero-order chi connectivity index (χ0) is 18.9. The molecule has 2 N–H and O–H groups in total. The van der Waals surface area contributed by atoms with Crippen LogP contribution in [0.25, 0.3) is 0 Å². The molecule has 7 heteroatoms. The quantitative estimate of drug-likeness (QED) is 0.870. The number of anilines is 2. The molecule has 2 saturated heterocycles. The Morgan fingerprint density at radius 3 is 2.27 bits per heavy atom.